The quantitative estimate of drug-likeness (QED) is 0.324. The summed E-state index contributed by atoms with van der Waals surface area (Å²) in [5.41, 5.74) is -0.0157. The van der Waals surface area contributed by atoms with Gasteiger partial charge in [-0.25, -0.2) is 13.4 Å². The maximum atomic E-state index is 13.1. The predicted molar refractivity (Wildman–Crippen MR) is 146 cm³/mol. The third-order valence-electron chi connectivity index (χ3n) is 7.34. The van der Waals surface area contributed by atoms with Crippen LogP contribution in [-0.4, -0.2) is 74.1 Å². The maximum absolute atomic E-state index is 13.1. The van der Waals surface area contributed by atoms with Crippen LogP contribution in [0.2, 0.25) is 0 Å². The van der Waals surface area contributed by atoms with E-state index < -0.39 is 33.9 Å². The van der Waals surface area contributed by atoms with Crippen LogP contribution in [0, 0.1) is 0 Å². The molecule has 0 spiro atoms. The molecule has 1 amide bonds. The number of ether oxygens (including phenoxy) is 1. The molecule has 0 unspecified atom stereocenters. The van der Waals surface area contributed by atoms with Gasteiger partial charge >= 0.3 is 12.5 Å². The topological polar surface area (TPSA) is 83.0 Å². The summed E-state index contributed by atoms with van der Waals surface area (Å²) in [6, 6.07) is 9.13. The van der Waals surface area contributed by atoms with Crippen LogP contribution in [0.15, 0.2) is 58.8 Å². The van der Waals surface area contributed by atoms with Gasteiger partial charge < -0.3 is 14.5 Å². The van der Waals surface area contributed by atoms with Crippen molar-refractivity contribution in [2.24, 2.45) is 0 Å². The molecule has 0 radical (unpaired) electrons. The Morgan fingerprint density at radius 3 is 2.16 bits per heavy atom. The molecule has 2 saturated heterocycles. The minimum atomic E-state index is -4.88. The van der Waals surface area contributed by atoms with E-state index in [-0.39, 0.29) is 35.5 Å². The zero-order valence-electron chi connectivity index (χ0n) is 22.4. The van der Waals surface area contributed by atoms with Gasteiger partial charge in [-0.05, 0) is 55.3 Å². The number of benzene rings is 2. The van der Waals surface area contributed by atoms with Crippen LogP contribution in [0.1, 0.15) is 39.8 Å². The molecule has 0 aliphatic carbocycles. The molecule has 3 aromatic rings. The fraction of sp³-hybridized carbons (Fsp3) is 0.407. The fourth-order valence-corrected chi connectivity index (χ4v) is 7.52. The number of carbonyl (C=O) groups is 1. The Morgan fingerprint density at radius 2 is 1.56 bits per heavy atom. The summed E-state index contributed by atoms with van der Waals surface area (Å²) in [6.45, 7) is 1.73. The number of nitrogens with zero attached hydrogens (tertiary/aromatic N) is 4. The zero-order chi connectivity index (χ0) is 31.0. The lowest BCUT2D eigenvalue weighted by Gasteiger charge is -2.36. The number of halogens is 6. The van der Waals surface area contributed by atoms with Gasteiger partial charge in [0.1, 0.15) is 11.4 Å². The largest absolute Gasteiger partial charge is 0.573 e. The number of hydrogen-bond acceptors (Lipinski definition) is 7. The van der Waals surface area contributed by atoms with E-state index in [1.807, 2.05) is 0 Å². The first kappa shape index (κ1) is 31.1. The van der Waals surface area contributed by atoms with Crippen LogP contribution in [0.3, 0.4) is 0 Å². The Balaban J connectivity index is 1.14. The highest BCUT2D eigenvalue weighted by molar-refractivity contribution is 7.89. The van der Waals surface area contributed by atoms with E-state index in [0.717, 1.165) is 36.4 Å². The van der Waals surface area contributed by atoms with Crippen LogP contribution in [0.4, 0.5) is 32.0 Å². The van der Waals surface area contributed by atoms with E-state index in [9.17, 15) is 39.6 Å². The maximum Gasteiger partial charge on any atom is 0.573 e. The second-order valence-corrected chi connectivity index (χ2v) is 12.9. The van der Waals surface area contributed by atoms with Crippen LogP contribution < -0.4 is 9.64 Å². The average Bonchev–Trinajstić information content (AvgIpc) is 3.47. The minimum absolute atomic E-state index is 0.0710. The van der Waals surface area contributed by atoms with Gasteiger partial charge in [0.25, 0.3) is 5.91 Å². The molecule has 5 rings (SSSR count). The summed E-state index contributed by atoms with van der Waals surface area (Å²) in [7, 11) is -3.93. The molecule has 2 fully saturated rings. The molecule has 2 aromatic carbocycles. The highest BCUT2D eigenvalue weighted by Gasteiger charge is 2.34. The number of aromatic nitrogens is 1. The van der Waals surface area contributed by atoms with Crippen molar-refractivity contribution in [2.75, 3.05) is 44.2 Å². The number of hydrogen-bond donors (Lipinski definition) is 0. The van der Waals surface area contributed by atoms with Crippen molar-refractivity contribution < 1.29 is 44.3 Å². The van der Waals surface area contributed by atoms with Crippen LogP contribution in [-0.2, 0) is 16.2 Å². The molecule has 232 valence electrons. The number of sulfonamides is 1. The summed E-state index contributed by atoms with van der Waals surface area (Å²) in [5.74, 6) is -0.862. The van der Waals surface area contributed by atoms with Crippen molar-refractivity contribution in [1.29, 1.82) is 0 Å². The number of alkyl halides is 6. The third kappa shape index (κ3) is 7.24. The molecular formula is C27H26F6N4O4S2. The van der Waals surface area contributed by atoms with E-state index >= 15 is 0 Å². The van der Waals surface area contributed by atoms with Crippen LogP contribution >= 0.6 is 11.3 Å². The lowest BCUT2D eigenvalue weighted by Crippen LogP contribution is -2.49. The van der Waals surface area contributed by atoms with Crippen molar-refractivity contribution in [3.05, 3.63) is 70.2 Å². The molecular weight excluding hydrogens is 622 g/mol. The van der Waals surface area contributed by atoms with Crippen LogP contribution in [0.25, 0.3) is 0 Å². The first-order valence-corrected chi connectivity index (χ1v) is 15.6. The fourth-order valence-electron chi connectivity index (χ4n) is 5.09. The van der Waals surface area contributed by atoms with Gasteiger partial charge in [-0.2, -0.15) is 17.5 Å². The molecule has 0 atom stereocenters. The first-order valence-electron chi connectivity index (χ1n) is 13.2. The van der Waals surface area contributed by atoms with Crippen molar-refractivity contribution in [1.82, 2.24) is 14.2 Å². The van der Waals surface area contributed by atoms with E-state index in [1.54, 1.807) is 21.2 Å². The summed E-state index contributed by atoms with van der Waals surface area (Å²) < 4.78 is 108. The lowest BCUT2D eigenvalue weighted by molar-refractivity contribution is -0.274. The minimum Gasteiger partial charge on any atom is -0.406 e. The number of amides is 1. The summed E-state index contributed by atoms with van der Waals surface area (Å²) in [4.78, 5) is 20.9. The second kappa shape index (κ2) is 12.0. The predicted octanol–water partition coefficient (Wildman–Crippen LogP) is 5.59. The molecule has 0 saturated carbocycles. The van der Waals surface area contributed by atoms with Gasteiger partial charge in [-0.3, -0.25) is 4.79 Å². The SMILES string of the molecule is O=C(c1csc(C2CCN(S(=O)(=O)c3ccc(OC(F)(F)F)cc3)CC2)n1)N1CCN(c2cccc(C(F)(F)F)c2)CC1. The van der Waals surface area contributed by atoms with E-state index in [1.165, 1.54) is 21.7 Å². The summed E-state index contributed by atoms with van der Waals surface area (Å²) in [6.07, 6.45) is -8.42. The van der Waals surface area contributed by atoms with Crippen molar-refractivity contribution >= 4 is 33.0 Å². The van der Waals surface area contributed by atoms with Gasteiger partial charge in [0.05, 0.1) is 15.5 Å². The Labute approximate surface area is 247 Å². The van der Waals surface area contributed by atoms with Gasteiger partial charge in [-0.15, -0.1) is 24.5 Å². The highest BCUT2D eigenvalue weighted by Crippen LogP contribution is 2.34. The second-order valence-electron chi connectivity index (χ2n) is 10.1. The molecule has 8 nitrogen and oxygen atoms in total. The molecule has 0 N–H and O–H groups in total. The standard InChI is InChI=1S/C27H26F6N4O4S2/c28-26(29,30)19-2-1-3-20(16-19)35-12-14-36(15-13-35)25(38)23-17-42-24(34-23)18-8-10-37(11-9-18)43(39,40)22-6-4-21(5-7-22)41-27(31,32)33/h1-7,16-18H,8-15H2. The van der Waals surface area contributed by atoms with Gasteiger partial charge in [0, 0.05) is 56.3 Å². The normalized spacial score (nSPS) is 17.7. The zero-order valence-corrected chi connectivity index (χ0v) is 24.1. The average molecular weight is 649 g/mol. The molecule has 1 aromatic heterocycles. The molecule has 0 bridgehead atoms. The number of anilines is 1. The number of rotatable bonds is 6. The highest BCUT2D eigenvalue weighted by atomic mass is 32.2. The number of carbonyl (C=O) groups excluding carboxylic acids is 1. The van der Waals surface area contributed by atoms with Gasteiger partial charge in [0.15, 0.2) is 0 Å². The van der Waals surface area contributed by atoms with Crippen LogP contribution in [0.5, 0.6) is 5.75 Å². The van der Waals surface area contributed by atoms with Gasteiger partial charge in [-0.1, -0.05) is 6.07 Å². The molecule has 43 heavy (non-hydrogen) atoms. The number of piperidine rings is 1. The van der Waals surface area contributed by atoms with Crippen molar-refractivity contribution in [2.45, 2.75) is 36.2 Å². The van der Waals surface area contributed by atoms with Gasteiger partial charge in [0.2, 0.25) is 10.0 Å². The summed E-state index contributed by atoms with van der Waals surface area (Å²) in [5, 5.41) is 2.36. The lowest BCUT2D eigenvalue weighted by atomic mass is 9.99. The Hall–Kier alpha value is -3.37. The van der Waals surface area contributed by atoms with Crippen molar-refractivity contribution in [3.63, 3.8) is 0 Å². The third-order valence-corrected chi connectivity index (χ3v) is 10.3. The molecule has 2 aliphatic heterocycles. The van der Waals surface area contributed by atoms with Crippen molar-refractivity contribution in [3.8, 4) is 5.75 Å². The smallest absolute Gasteiger partial charge is 0.406 e. The molecule has 16 heteroatoms. The number of piperazine rings is 1. The van der Waals surface area contributed by atoms with E-state index in [2.05, 4.69) is 9.72 Å². The first-order chi connectivity index (χ1) is 20.2. The Morgan fingerprint density at radius 1 is 0.907 bits per heavy atom. The Kier molecular flexibility index (Phi) is 8.64. The molecule has 3 heterocycles. The van der Waals surface area contributed by atoms with E-state index in [4.69, 9.17) is 0 Å². The monoisotopic (exact) mass is 648 g/mol. The van der Waals surface area contributed by atoms with E-state index in [0.29, 0.717) is 49.7 Å². The summed E-state index contributed by atoms with van der Waals surface area (Å²) >= 11 is 1.31. The Bertz CT molecular complexity index is 1540. The molecule has 2 aliphatic rings. The number of thiazole rings is 1.